The fourth-order valence-electron chi connectivity index (χ4n) is 3.28. The first-order valence-corrected chi connectivity index (χ1v) is 9.61. The maximum absolute atomic E-state index is 11.5. The monoisotopic (exact) mass is 406 g/mol. The summed E-state index contributed by atoms with van der Waals surface area (Å²) < 4.78 is 5.39. The summed E-state index contributed by atoms with van der Waals surface area (Å²) in [5, 5.41) is 14.6. The van der Waals surface area contributed by atoms with Gasteiger partial charge in [-0.3, -0.25) is 15.1 Å². The van der Waals surface area contributed by atoms with Crippen molar-refractivity contribution in [2.45, 2.75) is 0 Å². The van der Waals surface area contributed by atoms with Crippen molar-refractivity contribution in [1.29, 1.82) is 0 Å². The molecule has 1 N–H and O–H groups in total. The molecule has 2 aromatic heterocycles. The van der Waals surface area contributed by atoms with Crippen LogP contribution in [0.1, 0.15) is 0 Å². The molecule has 154 valence electrons. The van der Waals surface area contributed by atoms with E-state index in [-0.39, 0.29) is 11.5 Å². The van der Waals surface area contributed by atoms with Crippen molar-refractivity contribution in [2.75, 3.05) is 48.5 Å². The van der Waals surface area contributed by atoms with Crippen LogP contribution in [0.25, 0.3) is 0 Å². The highest BCUT2D eigenvalue weighted by Crippen LogP contribution is 2.31. The number of aromatic nitrogens is 2. The molecule has 0 spiro atoms. The molecule has 1 saturated heterocycles. The van der Waals surface area contributed by atoms with Gasteiger partial charge in [-0.1, -0.05) is 0 Å². The third-order valence-electron chi connectivity index (χ3n) is 4.96. The summed E-state index contributed by atoms with van der Waals surface area (Å²) in [7, 11) is 1.85. The number of nitrogens with one attached hydrogen (secondary N) is 1. The summed E-state index contributed by atoms with van der Waals surface area (Å²) >= 11 is 0. The van der Waals surface area contributed by atoms with E-state index < -0.39 is 4.92 Å². The molecule has 3 heterocycles. The van der Waals surface area contributed by atoms with E-state index in [1.165, 1.54) is 6.07 Å². The van der Waals surface area contributed by atoms with Crippen LogP contribution in [-0.4, -0.2) is 48.2 Å². The van der Waals surface area contributed by atoms with Gasteiger partial charge in [-0.25, -0.2) is 4.98 Å². The number of hydrogen-bond acceptors (Lipinski definition) is 8. The van der Waals surface area contributed by atoms with E-state index in [2.05, 4.69) is 20.2 Å². The lowest BCUT2D eigenvalue weighted by Gasteiger charge is -2.28. The van der Waals surface area contributed by atoms with Crippen LogP contribution in [0.4, 0.5) is 34.4 Å². The first kappa shape index (κ1) is 19.6. The second kappa shape index (κ2) is 8.75. The van der Waals surface area contributed by atoms with E-state index in [1.807, 2.05) is 48.3 Å². The number of rotatable bonds is 6. The van der Waals surface area contributed by atoms with Crippen LogP contribution in [0.15, 0.2) is 60.9 Å². The lowest BCUT2D eigenvalue weighted by atomic mass is 10.2. The molecule has 30 heavy (non-hydrogen) atoms. The van der Waals surface area contributed by atoms with E-state index in [9.17, 15) is 10.1 Å². The van der Waals surface area contributed by atoms with Gasteiger partial charge in [-0.15, -0.1) is 0 Å². The van der Waals surface area contributed by atoms with Gasteiger partial charge in [-0.05, 0) is 42.5 Å². The number of anilines is 5. The van der Waals surface area contributed by atoms with E-state index in [0.29, 0.717) is 19.0 Å². The summed E-state index contributed by atoms with van der Waals surface area (Å²) in [4.78, 5) is 23.7. The minimum atomic E-state index is -0.437. The van der Waals surface area contributed by atoms with Gasteiger partial charge in [0.05, 0.1) is 18.1 Å². The first-order chi connectivity index (χ1) is 14.6. The Morgan fingerprint density at radius 3 is 2.43 bits per heavy atom. The Morgan fingerprint density at radius 1 is 1.07 bits per heavy atom. The van der Waals surface area contributed by atoms with Gasteiger partial charge in [0.25, 0.3) is 0 Å². The van der Waals surface area contributed by atoms with Gasteiger partial charge >= 0.3 is 5.69 Å². The fourth-order valence-corrected chi connectivity index (χ4v) is 3.28. The van der Waals surface area contributed by atoms with Crippen LogP contribution < -0.4 is 15.1 Å². The highest BCUT2D eigenvalue weighted by Gasteiger charge is 2.18. The number of hydrogen-bond donors (Lipinski definition) is 1. The van der Waals surface area contributed by atoms with Crippen LogP contribution in [0.3, 0.4) is 0 Å². The van der Waals surface area contributed by atoms with Gasteiger partial charge in [0, 0.05) is 55.7 Å². The molecule has 0 unspecified atom stereocenters. The number of nitro groups is 1. The molecule has 4 rings (SSSR count). The number of morpholine rings is 1. The molecule has 0 saturated carbocycles. The zero-order valence-corrected chi connectivity index (χ0v) is 16.6. The Balaban J connectivity index is 1.58. The fraction of sp³-hybridized carbons (Fsp3) is 0.238. The van der Waals surface area contributed by atoms with Gasteiger partial charge in [0.1, 0.15) is 5.82 Å². The van der Waals surface area contributed by atoms with Gasteiger partial charge < -0.3 is 19.9 Å². The summed E-state index contributed by atoms with van der Waals surface area (Å²) in [6.45, 7) is 3.13. The average molecular weight is 406 g/mol. The molecule has 3 aromatic rings. The highest BCUT2D eigenvalue weighted by atomic mass is 16.6. The van der Waals surface area contributed by atoms with Gasteiger partial charge in [0.2, 0.25) is 5.82 Å². The molecule has 9 nitrogen and oxygen atoms in total. The second-order valence-corrected chi connectivity index (χ2v) is 6.83. The second-order valence-electron chi connectivity index (χ2n) is 6.83. The summed E-state index contributed by atoms with van der Waals surface area (Å²) in [6, 6.07) is 14.6. The maximum atomic E-state index is 11.5. The Bertz CT molecular complexity index is 1010. The number of benzene rings is 1. The quantitative estimate of drug-likeness (QED) is 0.489. The van der Waals surface area contributed by atoms with Crippen molar-refractivity contribution in [3.63, 3.8) is 0 Å². The van der Waals surface area contributed by atoms with Crippen molar-refractivity contribution in [3.8, 4) is 0 Å². The minimum absolute atomic E-state index is 0.0841. The summed E-state index contributed by atoms with van der Waals surface area (Å²) in [5.74, 6) is 0.775. The predicted octanol–water partition coefficient (Wildman–Crippen LogP) is 3.73. The van der Waals surface area contributed by atoms with Crippen molar-refractivity contribution >= 4 is 34.4 Å². The predicted molar refractivity (Wildman–Crippen MR) is 116 cm³/mol. The maximum Gasteiger partial charge on any atom is 0.311 e. The molecule has 1 fully saturated rings. The Morgan fingerprint density at radius 2 is 1.77 bits per heavy atom. The lowest BCUT2D eigenvalue weighted by Crippen LogP contribution is -2.36. The first-order valence-electron chi connectivity index (χ1n) is 9.61. The van der Waals surface area contributed by atoms with Crippen LogP contribution >= 0.6 is 0 Å². The number of nitrogens with zero attached hydrogens (tertiary/aromatic N) is 5. The van der Waals surface area contributed by atoms with Gasteiger partial charge in [0.15, 0.2) is 0 Å². The van der Waals surface area contributed by atoms with Crippen molar-refractivity contribution in [1.82, 2.24) is 9.97 Å². The molecule has 0 bridgehead atoms. The zero-order chi connectivity index (χ0) is 20.9. The van der Waals surface area contributed by atoms with Crippen LogP contribution in [0.2, 0.25) is 0 Å². The summed E-state index contributed by atoms with van der Waals surface area (Å²) in [5.41, 5.74) is 2.62. The van der Waals surface area contributed by atoms with E-state index in [0.717, 1.165) is 30.2 Å². The molecular formula is C21H22N6O3. The molecule has 1 aliphatic heterocycles. The third-order valence-corrected chi connectivity index (χ3v) is 4.96. The lowest BCUT2D eigenvalue weighted by molar-refractivity contribution is -0.384. The Kier molecular flexibility index (Phi) is 5.71. The molecular weight excluding hydrogens is 384 g/mol. The van der Waals surface area contributed by atoms with Crippen molar-refractivity contribution in [2.24, 2.45) is 0 Å². The van der Waals surface area contributed by atoms with E-state index >= 15 is 0 Å². The highest BCUT2D eigenvalue weighted by molar-refractivity contribution is 5.71. The summed E-state index contributed by atoms with van der Waals surface area (Å²) in [6.07, 6.45) is 3.37. The normalized spacial score (nSPS) is 13.7. The van der Waals surface area contributed by atoms with E-state index in [1.54, 1.807) is 18.5 Å². The number of ether oxygens (including phenoxy) is 1. The molecule has 0 amide bonds. The number of pyridine rings is 2. The molecule has 9 heteroatoms. The topological polar surface area (TPSA) is 96.7 Å². The largest absolute Gasteiger partial charge is 0.378 e. The van der Waals surface area contributed by atoms with Crippen molar-refractivity contribution < 1.29 is 9.66 Å². The zero-order valence-electron chi connectivity index (χ0n) is 16.6. The van der Waals surface area contributed by atoms with Crippen LogP contribution in [0, 0.1) is 10.1 Å². The van der Waals surface area contributed by atoms with Crippen molar-refractivity contribution in [3.05, 3.63) is 71.0 Å². The molecule has 0 aliphatic carbocycles. The standard InChI is InChI=1S/C21H22N6O3/c1-25(17-8-10-22-11-9-17)20-7-6-19(27(28)29)21(24-20)23-16-2-4-18(5-3-16)26-12-14-30-15-13-26/h2-11H,12-15H2,1H3,(H,23,24). The van der Waals surface area contributed by atoms with Gasteiger partial charge in [-0.2, -0.15) is 0 Å². The molecule has 1 aromatic carbocycles. The Hall–Kier alpha value is -3.72. The van der Waals surface area contributed by atoms with Crippen LogP contribution in [0.5, 0.6) is 0 Å². The smallest absolute Gasteiger partial charge is 0.311 e. The third kappa shape index (κ3) is 4.31. The SMILES string of the molecule is CN(c1ccncc1)c1ccc([N+](=O)[O-])c(Nc2ccc(N3CCOCC3)cc2)n1. The average Bonchev–Trinajstić information content (AvgIpc) is 2.80. The minimum Gasteiger partial charge on any atom is -0.378 e. The molecule has 1 aliphatic rings. The van der Waals surface area contributed by atoms with Crippen LogP contribution in [-0.2, 0) is 4.74 Å². The molecule has 0 radical (unpaired) electrons. The Labute approximate surface area is 174 Å². The van der Waals surface area contributed by atoms with E-state index in [4.69, 9.17) is 4.74 Å². The molecule has 0 atom stereocenters.